The number of aryl methyl sites for hydroxylation is 1. The molecule has 2 heterocycles. The lowest BCUT2D eigenvalue weighted by Crippen LogP contribution is -2.39. The third kappa shape index (κ3) is 4.91. The Bertz CT molecular complexity index is 1250. The van der Waals surface area contributed by atoms with Crippen LogP contribution in [0.3, 0.4) is 0 Å². The molecular weight excluding hydrogens is 444 g/mol. The van der Waals surface area contributed by atoms with E-state index >= 15 is 0 Å². The molecule has 1 N–H and O–H groups in total. The molecule has 1 aliphatic rings. The predicted octanol–water partition coefficient (Wildman–Crippen LogP) is 3.58. The average molecular weight is 471 g/mol. The predicted molar refractivity (Wildman–Crippen MR) is 123 cm³/mol. The quantitative estimate of drug-likeness (QED) is 0.585. The van der Waals surface area contributed by atoms with Crippen molar-refractivity contribution in [1.82, 2.24) is 14.5 Å². The lowest BCUT2D eigenvalue weighted by atomic mass is 10.00. The van der Waals surface area contributed by atoms with E-state index in [2.05, 4.69) is 15.5 Å². The Hall–Kier alpha value is -3.24. The van der Waals surface area contributed by atoms with Crippen LogP contribution in [0.1, 0.15) is 37.1 Å². The molecule has 1 aliphatic heterocycles. The van der Waals surface area contributed by atoms with E-state index in [1.165, 1.54) is 36.5 Å². The molecule has 0 radical (unpaired) electrons. The van der Waals surface area contributed by atoms with Crippen LogP contribution in [-0.4, -0.2) is 49.0 Å². The van der Waals surface area contributed by atoms with Crippen molar-refractivity contribution in [3.05, 3.63) is 53.9 Å². The van der Waals surface area contributed by atoms with Gasteiger partial charge < -0.3 is 14.5 Å². The van der Waals surface area contributed by atoms with Crippen LogP contribution in [0.25, 0.3) is 11.5 Å². The Balaban J connectivity index is 1.56. The van der Waals surface area contributed by atoms with Crippen LogP contribution in [0.4, 0.5) is 5.69 Å². The van der Waals surface area contributed by atoms with Crippen molar-refractivity contribution in [2.75, 3.05) is 25.5 Å². The Morgan fingerprint density at radius 1 is 1.18 bits per heavy atom. The van der Waals surface area contributed by atoms with Gasteiger partial charge in [-0.25, -0.2) is 8.42 Å². The first-order chi connectivity index (χ1) is 15.8. The zero-order chi connectivity index (χ0) is 23.6. The van der Waals surface area contributed by atoms with Crippen LogP contribution >= 0.6 is 0 Å². The van der Waals surface area contributed by atoms with Crippen LogP contribution in [0.2, 0.25) is 0 Å². The lowest BCUT2D eigenvalue weighted by Gasteiger charge is -2.30. The van der Waals surface area contributed by atoms with Crippen molar-refractivity contribution in [2.45, 2.75) is 37.5 Å². The topological polar surface area (TPSA) is 115 Å². The number of benzene rings is 2. The van der Waals surface area contributed by atoms with E-state index in [9.17, 15) is 13.2 Å². The summed E-state index contributed by atoms with van der Waals surface area (Å²) in [5, 5.41) is 11.0. The minimum absolute atomic E-state index is 0.0820. The molecule has 1 amide bonds. The van der Waals surface area contributed by atoms with Gasteiger partial charge in [-0.3, -0.25) is 4.79 Å². The number of aromatic nitrogens is 2. The van der Waals surface area contributed by atoms with Crippen molar-refractivity contribution in [1.29, 1.82) is 0 Å². The number of carbonyl (C=O) groups excluding carboxylic acids is 1. The van der Waals surface area contributed by atoms with Crippen molar-refractivity contribution in [3.63, 3.8) is 0 Å². The molecule has 1 saturated heterocycles. The van der Waals surface area contributed by atoms with Gasteiger partial charge in [-0.05, 0) is 50.1 Å². The highest BCUT2D eigenvalue weighted by molar-refractivity contribution is 7.89. The van der Waals surface area contributed by atoms with Crippen molar-refractivity contribution < 1.29 is 22.4 Å². The molecule has 9 nitrogen and oxygen atoms in total. The third-order valence-corrected chi connectivity index (χ3v) is 7.45. The van der Waals surface area contributed by atoms with Gasteiger partial charge in [0, 0.05) is 25.6 Å². The number of nitrogens with zero attached hydrogens (tertiary/aromatic N) is 3. The Morgan fingerprint density at radius 2 is 1.94 bits per heavy atom. The molecule has 4 rings (SSSR count). The fraction of sp³-hybridized carbons (Fsp3) is 0.348. The molecular formula is C23H26N4O5S. The summed E-state index contributed by atoms with van der Waals surface area (Å²) in [6, 6.07) is 12.2. The summed E-state index contributed by atoms with van der Waals surface area (Å²) in [7, 11) is -2.34. The molecule has 3 aromatic rings. The smallest absolute Gasteiger partial charge is 0.247 e. The molecule has 1 aromatic heterocycles. The first kappa shape index (κ1) is 22.9. The highest BCUT2D eigenvalue weighted by Crippen LogP contribution is 2.33. The van der Waals surface area contributed by atoms with E-state index in [0.717, 1.165) is 17.5 Å². The molecule has 2 aromatic carbocycles. The van der Waals surface area contributed by atoms with E-state index in [1.807, 2.05) is 31.2 Å². The van der Waals surface area contributed by atoms with Crippen LogP contribution < -0.4 is 10.1 Å². The third-order valence-electron chi connectivity index (χ3n) is 5.59. The first-order valence-corrected chi connectivity index (χ1v) is 12.1. The summed E-state index contributed by atoms with van der Waals surface area (Å²) < 4.78 is 39.3. The second-order valence-corrected chi connectivity index (χ2v) is 9.99. The summed E-state index contributed by atoms with van der Waals surface area (Å²) in [6.45, 7) is 3.98. The number of nitrogens with one attached hydrogen (secondary N) is 1. The molecule has 0 saturated carbocycles. The van der Waals surface area contributed by atoms with E-state index in [0.29, 0.717) is 36.2 Å². The lowest BCUT2D eigenvalue weighted by molar-refractivity contribution is -0.114. The molecule has 10 heteroatoms. The number of carbonyl (C=O) groups is 1. The highest BCUT2D eigenvalue weighted by Gasteiger charge is 2.33. The van der Waals surface area contributed by atoms with Crippen LogP contribution in [-0.2, 0) is 14.8 Å². The van der Waals surface area contributed by atoms with Crippen molar-refractivity contribution >= 4 is 21.6 Å². The van der Waals surface area contributed by atoms with Crippen molar-refractivity contribution in [3.8, 4) is 17.2 Å². The van der Waals surface area contributed by atoms with Gasteiger partial charge in [-0.2, -0.15) is 4.31 Å². The molecule has 174 valence electrons. The minimum atomic E-state index is -3.80. The maximum absolute atomic E-state index is 13.4. The summed E-state index contributed by atoms with van der Waals surface area (Å²) in [5.41, 5.74) is 2.26. The second kappa shape index (κ2) is 9.32. The fourth-order valence-electron chi connectivity index (χ4n) is 3.86. The standard InChI is InChI=1S/C23H26N4O5S/c1-15-6-8-17(9-7-15)22-25-26-23(32-22)18-5-4-12-27(14-18)33(29,30)19-10-11-21(31-3)20(13-19)24-16(2)28/h6-11,13,18H,4-5,12,14H2,1-3H3,(H,24,28). The fourth-order valence-corrected chi connectivity index (χ4v) is 5.41. The second-order valence-electron chi connectivity index (χ2n) is 8.06. The Morgan fingerprint density at radius 3 is 2.64 bits per heavy atom. The summed E-state index contributed by atoms with van der Waals surface area (Å²) in [6.07, 6.45) is 1.42. The zero-order valence-electron chi connectivity index (χ0n) is 18.7. The summed E-state index contributed by atoms with van der Waals surface area (Å²) >= 11 is 0. The molecule has 1 fully saturated rings. The van der Waals surface area contributed by atoms with Gasteiger partial charge in [0.15, 0.2) is 0 Å². The monoisotopic (exact) mass is 470 g/mol. The van der Waals surface area contributed by atoms with Gasteiger partial charge in [-0.15, -0.1) is 10.2 Å². The average Bonchev–Trinajstić information content (AvgIpc) is 3.29. The molecule has 1 unspecified atom stereocenters. The number of sulfonamides is 1. The maximum atomic E-state index is 13.4. The van der Waals surface area contributed by atoms with Crippen LogP contribution in [0.5, 0.6) is 5.75 Å². The Labute approximate surface area is 192 Å². The van der Waals surface area contributed by atoms with Gasteiger partial charge in [0.1, 0.15) is 5.75 Å². The number of rotatable bonds is 6. The van der Waals surface area contributed by atoms with Gasteiger partial charge in [0.2, 0.25) is 27.7 Å². The zero-order valence-corrected chi connectivity index (χ0v) is 19.6. The number of hydrogen-bond donors (Lipinski definition) is 1. The van der Waals surface area contributed by atoms with Gasteiger partial charge in [0.05, 0.1) is 23.6 Å². The number of amides is 1. The molecule has 0 bridgehead atoms. The van der Waals surface area contributed by atoms with Crippen molar-refractivity contribution in [2.24, 2.45) is 0 Å². The van der Waals surface area contributed by atoms with Crippen LogP contribution in [0, 0.1) is 6.92 Å². The van der Waals surface area contributed by atoms with E-state index in [-0.39, 0.29) is 23.3 Å². The maximum Gasteiger partial charge on any atom is 0.247 e. The number of piperidine rings is 1. The largest absolute Gasteiger partial charge is 0.495 e. The number of hydrogen-bond acceptors (Lipinski definition) is 7. The Kier molecular flexibility index (Phi) is 6.48. The highest BCUT2D eigenvalue weighted by atomic mass is 32.2. The summed E-state index contributed by atoms with van der Waals surface area (Å²) in [5.74, 6) is 0.712. The van der Waals surface area contributed by atoms with Gasteiger partial charge >= 0.3 is 0 Å². The van der Waals surface area contributed by atoms with E-state index < -0.39 is 10.0 Å². The minimum Gasteiger partial charge on any atom is -0.495 e. The summed E-state index contributed by atoms with van der Waals surface area (Å²) in [4.78, 5) is 11.6. The van der Waals surface area contributed by atoms with E-state index in [1.54, 1.807) is 0 Å². The number of anilines is 1. The SMILES string of the molecule is COc1ccc(S(=O)(=O)N2CCCC(c3nnc(-c4ccc(C)cc4)o3)C2)cc1NC(C)=O. The molecule has 0 spiro atoms. The van der Waals surface area contributed by atoms with Crippen LogP contribution in [0.15, 0.2) is 51.8 Å². The van der Waals surface area contributed by atoms with Gasteiger partial charge in [-0.1, -0.05) is 17.7 Å². The first-order valence-electron chi connectivity index (χ1n) is 10.6. The number of methoxy groups -OCH3 is 1. The molecule has 1 atom stereocenters. The van der Waals surface area contributed by atoms with Gasteiger partial charge in [0.25, 0.3) is 0 Å². The molecule has 33 heavy (non-hydrogen) atoms. The number of ether oxygens (including phenoxy) is 1. The normalized spacial score (nSPS) is 17.0. The van der Waals surface area contributed by atoms with E-state index in [4.69, 9.17) is 9.15 Å². The molecule has 0 aliphatic carbocycles.